The maximum absolute atomic E-state index is 13.8. The number of hydrogen-bond donors (Lipinski definition) is 2. The third-order valence-corrected chi connectivity index (χ3v) is 3.21. The van der Waals surface area contributed by atoms with Crippen LogP contribution in [0.2, 0.25) is 0 Å². The van der Waals surface area contributed by atoms with E-state index in [1.54, 1.807) is 5.32 Å². The van der Waals surface area contributed by atoms with E-state index >= 15 is 0 Å². The Hall–Kier alpha value is -2.69. The van der Waals surface area contributed by atoms with Gasteiger partial charge in [0.05, 0.1) is 0 Å². The van der Waals surface area contributed by atoms with Gasteiger partial charge in [0.1, 0.15) is 11.1 Å². The number of nitrogens with zero attached hydrogens (tertiary/aromatic N) is 3. The Labute approximate surface area is 130 Å². The summed E-state index contributed by atoms with van der Waals surface area (Å²) in [6.45, 7) is 0. The van der Waals surface area contributed by atoms with E-state index in [0.717, 1.165) is 0 Å². The van der Waals surface area contributed by atoms with Gasteiger partial charge in [-0.3, -0.25) is 9.17 Å². The standard InChI is InChI=1S/C10H2F7N5OS/c11-3-4(9(12,13)14)19-8(10(15,16)17)21-5(3)20-7-2(1-18)6(23)22-24-7/h(H,22,23)(H,19,20,21). The SMILES string of the molecule is N#Cc1c(Nc2nc(C(F)(F)F)nc(C(F)(F)F)c2F)s[nH]c1=O. The topological polar surface area (TPSA) is 94.5 Å². The Bertz CT molecular complexity index is 876. The first-order valence-electron chi connectivity index (χ1n) is 5.55. The van der Waals surface area contributed by atoms with Gasteiger partial charge in [0.2, 0.25) is 5.82 Å². The third-order valence-electron chi connectivity index (χ3n) is 2.42. The third kappa shape index (κ3) is 3.30. The van der Waals surface area contributed by atoms with E-state index in [2.05, 4.69) is 9.97 Å². The van der Waals surface area contributed by atoms with Gasteiger partial charge in [0, 0.05) is 0 Å². The first-order valence-corrected chi connectivity index (χ1v) is 6.37. The van der Waals surface area contributed by atoms with Crippen molar-refractivity contribution in [1.82, 2.24) is 14.3 Å². The van der Waals surface area contributed by atoms with Crippen LogP contribution in [0, 0.1) is 17.1 Å². The maximum atomic E-state index is 13.8. The summed E-state index contributed by atoms with van der Waals surface area (Å²) in [5.41, 5.74) is -4.04. The lowest BCUT2D eigenvalue weighted by atomic mass is 10.3. The largest absolute Gasteiger partial charge is 0.451 e. The van der Waals surface area contributed by atoms with Gasteiger partial charge in [-0.2, -0.15) is 31.6 Å². The van der Waals surface area contributed by atoms with Crippen LogP contribution >= 0.6 is 11.5 Å². The highest BCUT2D eigenvalue weighted by molar-refractivity contribution is 7.10. The van der Waals surface area contributed by atoms with Gasteiger partial charge in [-0.1, -0.05) is 0 Å². The number of alkyl halides is 6. The van der Waals surface area contributed by atoms with Crippen molar-refractivity contribution in [3.05, 3.63) is 33.3 Å². The van der Waals surface area contributed by atoms with Crippen LogP contribution in [0.1, 0.15) is 17.1 Å². The van der Waals surface area contributed by atoms with Crippen molar-refractivity contribution >= 4 is 22.4 Å². The minimum absolute atomic E-state index is 0.370. The molecule has 24 heavy (non-hydrogen) atoms. The lowest BCUT2D eigenvalue weighted by Crippen LogP contribution is -2.20. The Balaban J connectivity index is 2.65. The molecule has 2 aromatic heterocycles. The van der Waals surface area contributed by atoms with Crippen LogP contribution in [0.4, 0.5) is 41.6 Å². The van der Waals surface area contributed by atoms with Gasteiger partial charge >= 0.3 is 12.4 Å². The molecular formula is C10H2F7N5OS. The first-order chi connectivity index (χ1) is 10.9. The first kappa shape index (κ1) is 17.7. The van der Waals surface area contributed by atoms with E-state index in [-0.39, 0.29) is 0 Å². The quantitative estimate of drug-likeness (QED) is 0.790. The molecule has 0 aliphatic rings. The van der Waals surface area contributed by atoms with Crippen molar-refractivity contribution in [2.45, 2.75) is 12.4 Å². The molecule has 0 unspecified atom stereocenters. The number of anilines is 2. The zero-order chi connectivity index (χ0) is 18.3. The molecule has 0 aliphatic carbocycles. The van der Waals surface area contributed by atoms with E-state index in [1.165, 1.54) is 6.07 Å². The molecular weight excluding hydrogens is 371 g/mol. The molecule has 14 heteroatoms. The predicted molar refractivity (Wildman–Crippen MR) is 64.9 cm³/mol. The monoisotopic (exact) mass is 373 g/mol. The normalized spacial score (nSPS) is 12.1. The highest BCUT2D eigenvalue weighted by Gasteiger charge is 2.43. The average molecular weight is 373 g/mol. The zero-order valence-corrected chi connectivity index (χ0v) is 11.6. The number of aromatic amines is 1. The number of aromatic nitrogens is 3. The van der Waals surface area contributed by atoms with Crippen molar-refractivity contribution in [3.63, 3.8) is 0 Å². The molecule has 0 amide bonds. The molecule has 2 rings (SSSR count). The van der Waals surface area contributed by atoms with Gasteiger partial charge < -0.3 is 5.32 Å². The summed E-state index contributed by atoms with van der Waals surface area (Å²) in [4.78, 5) is 16.0. The summed E-state index contributed by atoms with van der Waals surface area (Å²) < 4.78 is 91.6. The van der Waals surface area contributed by atoms with Gasteiger partial charge in [-0.05, 0) is 11.5 Å². The summed E-state index contributed by atoms with van der Waals surface area (Å²) in [5, 5.41) is 9.99. The van der Waals surface area contributed by atoms with E-state index in [1.807, 2.05) is 4.37 Å². The molecule has 0 fully saturated rings. The van der Waals surface area contributed by atoms with Crippen LogP contribution < -0.4 is 10.9 Å². The Morgan fingerprint density at radius 2 is 1.75 bits per heavy atom. The van der Waals surface area contributed by atoms with Crippen LogP contribution in [0.5, 0.6) is 0 Å². The fourth-order valence-electron chi connectivity index (χ4n) is 1.44. The van der Waals surface area contributed by atoms with Crippen LogP contribution in [0.3, 0.4) is 0 Å². The molecule has 2 aromatic rings. The van der Waals surface area contributed by atoms with Crippen molar-refractivity contribution in [2.24, 2.45) is 0 Å². The van der Waals surface area contributed by atoms with Crippen molar-refractivity contribution < 1.29 is 30.7 Å². The van der Waals surface area contributed by atoms with E-state index in [9.17, 15) is 35.5 Å². The molecule has 2 N–H and O–H groups in total. The summed E-state index contributed by atoms with van der Waals surface area (Å²) in [6, 6.07) is 1.37. The molecule has 0 atom stereocenters. The number of hydrogen-bond acceptors (Lipinski definition) is 6. The Kier molecular flexibility index (Phi) is 4.23. The van der Waals surface area contributed by atoms with E-state index in [0.29, 0.717) is 11.5 Å². The number of rotatable bonds is 2. The van der Waals surface area contributed by atoms with E-state index < -0.39 is 51.6 Å². The van der Waals surface area contributed by atoms with Gasteiger partial charge in [0.25, 0.3) is 5.56 Å². The molecule has 2 heterocycles. The molecule has 128 valence electrons. The lowest BCUT2D eigenvalue weighted by Gasteiger charge is -2.14. The molecule has 0 saturated heterocycles. The molecule has 0 aromatic carbocycles. The van der Waals surface area contributed by atoms with E-state index in [4.69, 9.17) is 5.26 Å². The highest BCUT2D eigenvalue weighted by atomic mass is 32.1. The zero-order valence-electron chi connectivity index (χ0n) is 10.8. The molecule has 0 bridgehead atoms. The summed E-state index contributed by atoms with van der Waals surface area (Å²) >= 11 is 0.370. The number of halogens is 7. The van der Waals surface area contributed by atoms with Crippen LogP contribution in [0.25, 0.3) is 0 Å². The molecule has 0 aliphatic heterocycles. The van der Waals surface area contributed by atoms with Crippen molar-refractivity contribution in [2.75, 3.05) is 5.32 Å². The second-order valence-corrected chi connectivity index (χ2v) is 4.84. The summed E-state index contributed by atoms with van der Waals surface area (Å²) in [7, 11) is 0. The second-order valence-electron chi connectivity index (χ2n) is 4.03. The smallest absolute Gasteiger partial charge is 0.327 e. The van der Waals surface area contributed by atoms with Crippen molar-refractivity contribution in [1.29, 1.82) is 5.26 Å². The Morgan fingerprint density at radius 1 is 1.12 bits per heavy atom. The second kappa shape index (κ2) is 5.74. The fourth-order valence-corrected chi connectivity index (χ4v) is 2.13. The summed E-state index contributed by atoms with van der Waals surface area (Å²) in [6.07, 6.45) is -10.9. The highest BCUT2D eigenvalue weighted by Crippen LogP contribution is 2.36. The van der Waals surface area contributed by atoms with Crippen molar-refractivity contribution in [3.8, 4) is 6.07 Å². The number of nitrogens with one attached hydrogen (secondary N) is 2. The average Bonchev–Trinajstić information content (AvgIpc) is 2.78. The van der Waals surface area contributed by atoms with Crippen LogP contribution in [-0.2, 0) is 12.4 Å². The maximum Gasteiger partial charge on any atom is 0.451 e. The molecule has 0 radical (unpaired) electrons. The molecule has 0 spiro atoms. The van der Waals surface area contributed by atoms with Gasteiger partial charge in [0.15, 0.2) is 22.9 Å². The van der Waals surface area contributed by atoms with Crippen LogP contribution in [0.15, 0.2) is 4.79 Å². The van der Waals surface area contributed by atoms with Gasteiger partial charge in [-0.25, -0.2) is 14.4 Å². The minimum atomic E-state index is -5.52. The summed E-state index contributed by atoms with van der Waals surface area (Å²) in [5.74, 6) is -5.92. The Morgan fingerprint density at radius 3 is 2.25 bits per heavy atom. The molecule has 0 saturated carbocycles. The number of nitriles is 1. The van der Waals surface area contributed by atoms with Gasteiger partial charge in [-0.15, -0.1) is 0 Å². The number of H-pyrrole nitrogens is 1. The lowest BCUT2D eigenvalue weighted by molar-refractivity contribution is -0.154. The fraction of sp³-hybridized carbons (Fsp3) is 0.200. The minimum Gasteiger partial charge on any atom is -0.327 e. The molecule has 6 nitrogen and oxygen atoms in total. The van der Waals surface area contributed by atoms with Crippen LogP contribution in [-0.4, -0.2) is 14.3 Å². The predicted octanol–water partition coefficient (Wildman–Crippen LogP) is 3.02.